The molecule has 1 aliphatic heterocycles. The predicted octanol–water partition coefficient (Wildman–Crippen LogP) is 3.22. The number of hydrogen-bond acceptors (Lipinski definition) is 3. The lowest BCUT2D eigenvalue weighted by atomic mass is 10.00. The molecule has 23 heavy (non-hydrogen) atoms. The summed E-state index contributed by atoms with van der Waals surface area (Å²) in [7, 11) is 1.41. The van der Waals surface area contributed by atoms with E-state index >= 15 is 0 Å². The quantitative estimate of drug-likeness (QED) is 0.784. The highest BCUT2D eigenvalue weighted by Crippen LogP contribution is 2.19. The Hall–Kier alpha value is -1.62. The van der Waals surface area contributed by atoms with Crippen molar-refractivity contribution in [1.82, 2.24) is 10.2 Å². The van der Waals surface area contributed by atoms with Crippen molar-refractivity contribution in [2.45, 2.75) is 45.1 Å². The molecule has 1 aliphatic rings. The number of carbonyl (C=O) groups excluding carboxylic acids is 1. The standard InChI is InChI=1S/C18H27FN2O2/c1-3-15-7-4-5-11-21(15)12-6-10-20-18(22)14-8-9-17(23-2)16(19)13-14/h8-9,13,15H,3-7,10-12H2,1-2H3,(H,20,22). The normalized spacial score (nSPS) is 18.7. The summed E-state index contributed by atoms with van der Waals surface area (Å²) in [6.45, 7) is 5.02. The fraction of sp³-hybridized carbons (Fsp3) is 0.611. The van der Waals surface area contributed by atoms with Crippen LogP contribution in [0.25, 0.3) is 0 Å². The van der Waals surface area contributed by atoms with Crippen LogP contribution in [0, 0.1) is 5.82 Å². The van der Waals surface area contributed by atoms with E-state index in [0.717, 1.165) is 19.5 Å². The third-order valence-electron chi connectivity index (χ3n) is 4.54. The van der Waals surface area contributed by atoms with E-state index in [2.05, 4.69) is 17.1 Å². The van der Waals surface area contributed by atoms with E-state index in [1.807, 2.05) is 0 Å². The molecule has 1 amide bonds. The van der Waals surface area contributed by atoms with Crippen LogP contribution in [0.3, 0.4) is 0 Å². The summed E-state index contributed by atoms with van der Waals surface area (Å²) in [6.07, 6.45) is 6.00. The van der Waals surface area contributed by atoms with Gasteiger partial charge in [0.2, 0.25) is 0 Å². The number of benzene rings is 1. The van der Waals surface area contributed by atoms with Crippen molar-refractivity contribution in [3.05, 3.63) is 29.6 Å². The molecule has 1 atom stereocenters. The van der Waals surface area contributed by atoms with Crippen LogP contribution in [-0.4, -0.2) is 43.6 Å². The summed E-state index contributed by atoms with van der Waals surface area (Å²) in [4.78, 5) is 14.6. The Labute approximate surface area is 138 Å². The molecule has 1 heterocycles. The van der Waals surface area contributed by atoms with Crippen LogP contribution >= 0.6 is 0 Å². The van der Waals surface area contributed by atoms with E-state index in [0.29, 0.717) is 18.2 Å². The smallest absolute Gasteiger partial charge is 0.251 e. The molecule has 0 spiro atoms. The number of nitrogens with zero attached hydrogens (tertiary/aromatic N) is 1. The number of carbonyl (C=O) groups is 1. The van der Waals surface area contributed by atoms with Crippen molar-refractivity contribution < 1.29 is 13.9 Å². The molecule has 0 saturated carbocycles. The summed E-state index contributed by atoms with van der Waals surface area (Å²) >= 11 is 0. The summed E-state index contributed by atoms with van der Waals surface area (Å²) in [5.74, 6) is -0.603. The number of nitrogens with one attached hydrogen (secondary N) is 1. The molecule has 1 fully saturated rings. The Bertz CT molecular complexity index is 522. The van der Waals surface area contributed by atoms with Crippen LogP contribution in [0.15, 0.2) is 18.2 Å². The van der Waals surface area contributed by atoms with E-state index in [4.69, 9.17) is 4.74 Å². The van der Waals surface area contributed by atoms with Gasteiger partial charge in [0.25, 0.3) is 5.91 Å². The molecule has 1 saturated heterocycles. The Morgan fingerprint density at radius 2 is 2.26 bits per heavy atom. The zero-order valence-corrected chi connectivity index (χ0v) is 14.1. The molecular formula is C18H27FN2O2. The maximum Gasteiger partial charge on any atom is 0.251 e. The molecule has 0 aliphatic carbocycles. The Kier molecular flexibility index (Phi) is 6.84. The number of rotatable bonds is 7. The van der Waals surface area contributed by atoms with Crippen molar-refractivity contribution >= 4 is 5.91 Å². The molecule has 4 nitrogen and oxygen atoms in total. The van der Waals surface area contributed by atoms with Gasteiger partial charge in [-0.15, -0.1) is 0 Å². The highest BCUT2D eigenvalue weighted by atomic mass is 19.1. The SMILES string of the molecule is CCC1CCCCN1CCCNC(=O)c1ccc(OC)c(F)c1. The molecule has 5 heteroatoms. The van der Waals surface area contributed by atoms with E-state index < -0.39 is 5.82 Å². The van der Waals surface area contributed by atoms with E-state index in [9.17, 15) is 9.18 Å². The third-order valence-corrected chi connectivity index (χ3v) is 4.54. The van der Waals surface area contributed by atoms with Gasteiger partial charge in [-0.3, -0.25) is 4.79 Å². The fourth-order valence-corrected chi connectivity index (χ4v) is 3.21. The maximum atomic E-state index is 13.6. The van der Waals surface area contributed by atoms with E-state index in [-0.39, 0.29) is 11.7 Å². The molecule has 1 aromatic carbocycles. The molecule has 0 radical (unpaired) electrons. The molecule has 1 unspecified atom stereocenters. The molecule has 1 N–H and O–H groups in total. The first-order valence-electron chi connectivity index (χ1n) is 8.51. The van der Waals surface area contributed by atoms with E-state index in [1.54, 1.807) is 6.07 Å². The van der Waals surface area contributed by atoms with Crippen LogP contribution in [-0.2, 0) is 0 Å². The third kappa shape index (κ3) is 4.93. The van der Waals surface area contributed by atoms with Gasteiger partial charge in [0.05, 0.1) is 7.11 Å². The summed E-state index contributed by atoms with van der Waals surface area (Å²) in [5.41, 5.74) is 0.327. The average Bonchev–Trinajstić information content (AvgIpc) is 2.58. The van der Waals surface area contributed by atoms with Crippen molar-refractivity contribution in [1.29, 1.82) is 0 Å². The maximum absolute atomic E-state index is 13.6. The van der Waals surface area contributed by atoms with Gasteiger partial charge in [-0.1, -0.05) is 13.3 Å². The second-order valence-electron chi connectivity index (χ2n) is 6.05. The first-order valence-corrected chi connectivity index (χ1v) is 8.51. The molecule has 1 aromatic rings. The second kappa shape index (κ2) is 8.87. The molecular weight excluding hydrogens is 295 g/mol. The minimum Gasteiger partial charge on any atom is -0.494 e. The van der Waals surface area contributed by atoms with Crippen LogP contribution in [0.4, 0.5) is 4.39 Å². The summed E-state index contributed by atoms with van der Waals surface area (Å²) in [5, 5.41) is 2.86. The topological polar surface area (TPSA) is 41.6 Å². The number of likely N-dealkylation sites (tertiary alicyclic amines) is 1. The number of hydrogen-bond donors (Lipinski definition) is 1. The number of amides is 1. The van der Waals surface area contributed by atoms with Gasteiger partial charge in [-0.2, -0.15) is 0 Å². The van der Waals surface area contributed by atoms with Crippen LogP contribution < -0.4 is 10.1 Å². The first kappa shape index (κ1) is 17.7. The van der Waals surface area contributed by atoms with Crippen LogP contribution in [0.5, 0.6) is 5.75 Å². The van der Waals surface area contributed by atoms with Crippen LogP contribution in [0.2, 0.25) is 0 Å². The highest BCUT2D eigenvalue weighted by molar-refractivity contribution is 5.94. The van der Waals surface area contributed by atoms with Crippen molar-refractivity contribution in [3.8, 4) is 5.75 Å². The summed E-state index contributed by atoms with van der Waals surface area (Å²) in [6, 6.07) is 4.96. The summed E-state index contributed by atoms with van der Waals surface area (Å²) < 4.78 is 18.5. The Morgan fingerprint density at radius 3 is 2.96 bits per heavy atom. The number of halogens is 1. The monoisotopic (exact) mass is 322 g/mol. The minimum atomic E-state index is -0.515. The van der Waals surface area contributed by atoms with E-state index in [1.165, 1.54) is 44.9 Å². The number of ether oxygens (including phenoxy) is 1. The van der Waals surface area contributed by atoms with Crippen molar-refractivity contribution in [2.24, 2.45) is 0 Å². The molecule has 0 aromatic heterocycles. The van der Waals surface area contributed by atoms with Gasteiger partial charge < -0.3 is 15.0 Å². The lowest BCUT2D eigenvalue weighted by molar-refractivity contribution is 0.0947. The predicted molar refractivity (Wildman–Crippen MR) is 89.4 cm³/mol. The zero-order valence-electron chi connectivity index (χ0n) is 14.1. The van der Waals surface area contributed by atoms with Gasteiger partial charge in [0, 0.05) is 24.7 Å². The van der Waals surface area contributed by atoms with Gasteiger partial charge >= 0.3 is 0 Å². The lowest BCUT2D eigenvalue weighted by Gasteiger charge is -2.35. The fourth-order valence-electron chi connectivity index (χ4n) is 3.21. The molecule has 128 valence electrons. The van der Waals surface area contributed by atoms with Gasteiger partial charge in [-0.25, -0.2) is 4.39 Å². The lowest BCUT2D eigenvalue weighted by Crippen LogP contribution is -2.40. The Balaban J connectivity index is 1.75. The highest BCUT2D eigenvalue weighted by Gasteiger charge is 2.19. The molecule has 2 rings (SSSR count). The largest absolute Gasteiger partial charge is 0.494 e. The van der Waals surface area contributed by atoms with Gasteiger partial charge in [0.15, 0.2) is 11.6 Å². The van der Waals surface area contributed by atoms with Crippen molar-refractivity contribution in [3.63, 3.8) is 0 Å². The number of piperidine rings is 1. The number of methoxy groups -OCH3 is 1. The Morgan fingerprint density at radius 1 is 1.43 bits per heavy atom. The minimum absolute atomic E-state index is 0.150. The second-order valence-corrected chi connectivity index (χ2v) is 6.05. The van der Waals surface area contributed by atoms with Gasteiger partial charge in [0.1, 0.15) is 0 Å². The van der Waals surface area contributed by atoms with Crippen LogP contribution in [0.1, 0.15) is 49.4 Å². The molecule has 0 bridgehead atoms. The van der Waals surface area contributed by atoms with Crippen molar-refractivity contribution in [2.75, 3.05) is 26.7 Å². The van der Waals surface area contributed by atoms with Gasteiger partial charge in [-0.05, 0) is 50.4 Å². The zero-order chi connectivity index (χ0) is 16.7. The first-order chi connectivity index (χ1) is 11.2. The average molecular weight is 322 g/mol.